The van der Waals surface area contributed by atoms with Gasteiger partial charge in [-0.3, -0.25) is 0 Å². The first-order chi connectivity index (χ1) is 6.31. The molecule has 1 atom stereocenters. The largest absolute Gasteiger partial charge is 0.338 e. The molecule has 0 amide bonds. The molecule has 4 heteroatoms. The SMILES string of the molecule is CC[C@@H](N)c1nc(C2CCC2)no1. The van der Waals surface area contributed by atoms with Crippen molar-refractivity contribution in [3.8, 4) is 0 Å². The van der Waals surface area contributed by atoms with Gasteiger partial charge in [-0.05, 0) is 19.3 Å². The molecule has 0 bridgehead atoms. The third kappa shape index (κ3) is 1.58. The molecule has 0 radical (unpaired) electrons. The maximum Gasteiger partial charge on any atom is 0.243 e. The Balaban J connectivity index is 2.08. The first-order valence-corrected chi connectivity index (χ1v) is 4.90. The maximum absolute atomic E-state index is 5.77. The third-order valence-electron chi connectivity index (χ3n) is 2.68. The van der Waals surface area contributed by atoms with Gasteiger partial charge in [0.25, 0.3) is 0 Å². The van der Waals surface area contributed by atoms with Crippen molar-refractivity contribution >= 4 is 0 Å². The van der Waals surface area contributed by atoms with Crippen LogP contribution in [-0.4, -0.2) is 10.1 Å². The van der Waals surface area contributed by atoms with E-state index in [1.807, 2.05) is 6.92 Å². The average molecular weight is 181 g/mol. The Bertz CT molecular complexity index is 261. The van der Waals surface area contributed by atoms with Crippen LogP contribution in [0.3, 0.4) is 0 Å². The molecule has 0 unspecified atom stereocenters. The van der Waals surface area contributed by atoms with Gasteiger partial charge in [-0.1, -0.05) is 18.5 Å². The smallest absolute Gasteiger partial charge is 0.243 e. The summed E-state index contributed by atoms with van der Waals surface area (Å²) < 4.78 is 5.09. The fraction of sp³-hybridized carbons (Fsp3) is 0.778. The molecule has 1 aliphatic rings. The van der Waals surface area contributed by atoms with Crippen LogP contribution in [0.15, 0.2) is 4.52 Å². The van der Waals surface area contributed by atoms with E-state index in [0.29, 0.717) is 11.8 Å². The van der Waals surface area contributed by atoms with Crippen LogP contribution in [0.1, 0.15) is 56.3 Å². The average Bonchev–Trinajstić information content (AvgIpc) is 2.49. The summed E-state index contributed by atoms with van der Waals surface area (Å²) in [5.74, 6) is 1.97. The molecule has 72 valence electrons. The fourth-order valence-corrected chi connectivity index (χ4v) is 1.40. The van der Waals surface area contributed by atoms with Crippen LogP contribution in [0.25, 0.3) is 0 Å². The summed E-state index contributed by atoms with van der Waals surface area (Å²) in [6.45, 7) is 2.01. The van der Waals surface area contributed by atoms with Crippen LogP contribution >= 0.6 is 0 Å². The molecule has 1 aliphatic carbocycles. The van der Waals surface area contributed by atoms with Crippen molar-refractivity contribution in [1.29, 1.82) is 0 Å². The highest BCUT2D eigenvalue weighted by molar-refractivity contribution is 5.01. The van der Waals surface area contributed by atoms with Crippen molar-refractivity contribution in [2.24, 2.45) is 5.73 Å². The second-order valence-electron chi connectivity index (χ2n) is 3.63. The summed E-state index contributed by atoms with van der Waals surface area (Å²) in [5.41, 5.74) is 5.77. The Morgan fingerprint density at radius 2 is 2.38 bits per heavy atom. The first kappa shape index (κ1) is 8.69. The van der Waals surface area contributed by atoms with E-state index in [9.17, 15) is 0 Å². The van der Waals surface area contributed by atoms with E-state index >= 15 is 0 Å². The Morgan fingerprint density at radius 1 is 1.62 bits per heavy atom. The van der Waals surface area contributed by atoms with Gasteiger partial charge in [0.05, 0.1) is 6.04 Å². The van der Waals surface area contributed by atoms with Crippen molar-refractivity contribution < 1.29 is 4.52 Å². The number of aromatic nitrogens is 2. The lowest BCUT2D eigenvalue weighted by Crippen LogP contribution is -2.12. The van der Waals surface area contributed by atoms with E-state index < -0.39 is 0 Å². The summed E-state index contributed by atoms with van der Waals surface area (Å²) in [6.07, 6.45) is 4.52. The summed E-state index contributed by atoms with van der Waals surface area (Å²) in [4.78, 5) is 4.30. The van der Waals surface area contributed by atoms with Gasteiger partial charge in [0.2, 0.25) is 5.89 Å². The molecule has 1 aromatic heterocycles. The normalized spacial score (nSPS) is 19.8. The van der Waals surface area contributed by atoms with Crippen LogP contribution in [-0.2, 0) is 0 Å². The molecule has 0 spiro atoms. The third-order valence-corrected chi connectivity index (χ3v) is 2.68. The summed E-state index contributed by atoms with van der Waals surface area (Å²) in [7, 11) is 0. The predicted octanol–water partition coefficient (Wildman–Crippen LogP) is 1.75. The van der Waals surface area contributed by atoms with Crippen molar-refractivity contribution in [3.63, 3.8) is 0 Å². The van der Waals surface area contributed by atoms with E-state index in [1.54, 1.807) is 0 Å². The van der Waals surface area contributed by atoms with Gasteiger partial charge in [-0.2, -0.15) is 4.98 Å². The zero-order chi connectivity index (χ0) is 9.26. The van der Waals surface area contributed by atoms with Gasteiger partial charge in [-0.25, -0.2) is 0 Å². The van der Waals surface area contributed by atoms with Crippen LogP contribution in [0.2, 0.25) is 0 Å². The Labute approximate surface area is 77.5 Å². The second kappa shape index (κ2) is 3.46. The molecule has 0 saturated heterocycles. The van der Waals surface area contributed by atoms with Gasteiger partial charge in [-0.15, -0.1) is 0 Å². The standard InChI is InChI=1S/C9H15N3O/c1-2-7(10)9-11-8(12-13-9)6-4-3-5-6/h6-7H,2-5,10H2,1H3/t7-/m1/s1. The zero-order valence-corrected chi connectivity index (χ0v) is 7.86. The lowest BCUT2D eigenvalue weighted by Gasteiger charge is -2.20. The molecule has 4 nitrogen and oxygen atoms in total. The Hall–Kier alpha value is -0.900. The van der Waals surface area contributed by atoms with E-state index in [2.05, 4.69) is 10.1 Å². The molecule has 0 aliphatic heterocycles. The number of nitrogens with zero attached hydrogens (tertiary/aromatic N) is 2. The van der Waals surface area contributed by atoms with Gasteiger partial charge >= 0.3 is 0 Å². The minimum Gasteiger partial charge on any atom is -0.338 e. The molecule has 0 aromatic carbocycles. The Morgan fingerprint density at radius 3 is 2.92 bits per heavy atom. The number of nitrogens with two attached hydrogens (primary N) is 1. The molecule has 2 N–H and O–H groups in total. The van der Waals surface area contributed by atoms with Crippen molar-refractivity contribution in [1.82, 2.24) is 10.1 Å². The molecule has 1 aromatic rings. The summed E-state index contributed by atoms with van der Waals surface area (Å²) in [5, 5.41) is 3.94. The summed E-state index contributed by atoms with van der Waals surface area (Å²) >= 11 is 0. The summed E-state index contributed by atoms with van der Waals surface area (Å²) in [6, 6.07) is -0.0960. The fourth-order valence-electron chi connectivity index (χ4n) is 1.40. The Kier molecular flexibility index (Phi) is 2.31. The molecule has 1 fully saturated rings. The van der Waals surface area contributed by atoms with Crippen molar-refractivity contribution in [2.75, 3.05) is 0 Å². The molecule has 1 saturated carbocycles. The van der Waals surface area contributed by atoms with Crippen molar-refractivity contribution in [2.45, 2.75) is 44.6 Å². The number of rotatable bonds is 3. The lowest BCUT2D eigenvalue weighted by molar-refractivity contribution is 0.333. The van der Waals surface area contributed by atoms with Crippen LogP contribution in [0.4, 0.5) is 0 Å². The van der Waals surface area contributed by atoms with Crippen LogP contribution < -0.4 is 5.73 Å². The quantitative estimate of drug-likeness (QED) is 0.771. The van der Waals surface area contributed by atoms with E-state index in [4.69, 9.17) is 10.3 Å². The minimum atomic E-state index is -0.0960. The molecular formula is C9H15N3O. The van der Waals surface area contributed by atoms with E-state index in [-0.39, 0.29) is 6.04 Å². The molecule has 1 heterocycles. The molecule has 13 heavy (non-hydrogen) atoms. The van der Waals surface area contributed by atoms with Gasteiger partial charge in [0.1, 0.15) is 0 Å². The second-order valence-corrected chi connectivity index (χ2v) is 3.63. The highest BCUT2D eigenvalue weighted by Crippen LogP contribution is 2.34. The molecular weight excluding hydrogens is 166 g/mol. The lowest BCUT2D eigenvalue weighted by atomic mass is 9.85. The number of hydrogen-bond donors (Lipinski definition) is 1. The zero-order valence-electron chi connectivity index (χ0n) is 7.86. The number of hydrogen-bond acceptors (Lipinski definition) is 4. The monoisotopic (exact) mass is 181 g/mol. The first-order valence-electron chi connectivity index (χ1n) is 4.90. The highest BCUT2D eigenvalue weighted by Gasteiger charge is 2.25. The van der Waals surface area contributed by atoms with Gasteiger partial charge < -0.3 is 10.3 Å². The van der Waals surface area contributed by atoms with Gasteiger partial charge in [0.15, 0.2) is 5.82 Å². The van der Waals surface area contributed by atoms with E-state index in [0.717, 1.165) is 12.2 Å². The van der Waals surface area contributed by atoms with Crippen LogP contribution in [0.5, 0.6) is 0 Å². The van der Waals surface area contributed by atoms with E-state index in [1.165, 1.54) is 19.3 Å². The topological polar surface area (TPSA) is 64.9 Å². The highest BCUT2D eigenvalue weighted by atomic mass is 16.5. The predicted molar refractivity (Wildman–Crippen MR) is 48.1 cm³/mol. The molecule has 2 rings (SSSR count). The van der Waals surface area contributed by atoms with Crippen LogP contribution in [0, 0.1) is 0 Å². The minimum absolute atomic E-state index is 0.0960. The van der Waals surface area contributed by atoms with Gasteiger partial charge in [0, 0.05) is 5.92 Å². The van der Waals surface area contributed by atoms with Crippen molar-refractivity contribution in [3.05, 3.63) is 11.7 Å². The maximum atomic E-state index is 5.77.